The molecule has 0 saturated carbocycles. The van der Waals surface area contributed by atoms with Gasteiger partial charge >= 0.3 is 5.63 Å². The monoisotopic (exact) mass is 355 g/mol. The molecule has 0 atom stereocenters. The van der Waals surface area contributed by atoms with E-state index in [4.69, 9.17) is 14.9 Å². The molecular formula is C16H13N5O3S. The summed E-state index contributed by atoms with van der Waals surface area (Å²) in [5.41, 5.74) is 7.87. The maximum absolute atomic E-state index is 11.9. The lowest BCUT2D eigenvalue weighted by Gasteiger charge is -2.07. The van der Waals surface area contributed by atoms with Crippen molar-refractivity contribution < 1.29 is 9.15 Å². The van der Waals surface area contributed by atoms with Gasteiger partial charge in [-0.1, -0.05) is 11.8 Å². The van der Waals surface area contributed by atoms with Crippen molar-refractivity contribution in [1.82, 2.24) is 19.9 Å². The lowest BCUT2D eigenvalue weighted by molar-refractivity contribution is 0.414. The van der Waals surface area contributed by atoms with Crippen LogP contribution in [-0.2, 0) is 5.75 Å². The molecule has 0 aliphatic rings. The fourth-order valence-corrected chi connectivity index (χ4v) is 3.51. The number of nitrogens with two attached hydrogens (primary N) is 1. The molecule has 0 bridgehead atoms. The summed E-state index contributed by atoms with van der Waals surface area (Å²) in [5, 5.41) is 1.52. The van der Waals surface area contributed by atoms with Gasteiger partial charge in [0.15, 0.2) is 5.65 Å². The lowest BCUT2D eigenvalue weighted by Crippen LogP contribution is -2.01. The molecule has 0 unspecified atom stereocenters. The van der Waals surface area contributed by atoms with E-state index in [1.54, 1.807) is 19.5 Å². The van der Waals surface area contributed by atoms with Gasteiger partial charge < -0.3 is 19.9 Å². The number of imidazole rings is 1. The van der Waals surface area contributed by atoms with Crippen LogP contribution >= 0.6 is 11.8 Å². The molecule has 0 saturated heterocycles. The smallest absolute Gasteiger partial charge is 0.336 e. The number of thioether (sulfide) groups is 1. The van der Waals surface area contributed by atoms with Crippen LogP contribution in [0.3, 0.4) is 0 Å². The van der Waals surface area contributed by atoms with Crippen molar-refractivity contribution >= 4 is 39.8 Å². The third-order valence-electron chi connectivity index (χ3n) is 3.67. The van der Waals surface area contributed by atoms with E-state index in [0.29, 0.717) is 33.3 Å². The second-order valence-electron chi connectivity index (χ2n) is 5.23. The zero-order valence-electron chi connectivity index (χ0n) is 13.1. The molecule has 3 N–H and O–H groups in total. The maximum Gasteiger partial charge on any atom is 0.336 e. The van der Waals surface area contributed by atoms with Crippen LogP contribution in [0.5, 0.6) is 5.75 Å². The fraction of sp³-hybridized carbons (Fsp3) is 0.125. The summed E-state index contributed by atoms with van der Waals surface area (Å²) in [6.07, 6.45) is 1.54. The van der Waals surface area contributed by atoms with E-state index in [1.165, 1.54) is 17.8 Å². The maximum atomic E-state index is 11.9. The number of aromatic amines is 1. The number of fused-ring (bicyclic) bond motifs is 2. The highest BCUT2D eigenvalue weighted by Crippen LogP contribution is 2.30. The normalized spacial score (nSPS) is 11.2. The van der Waals surface area contributed by atoms with Crippen molar-refractivity contribution in [3.63, 3.8) is 0 Å². The Kier molecular flexibility index (Phi) is 3.77. The van der Waals surface area contributed by atoms with Gasteiger partial charge in [0.25, 0.3) is 0 Å². The molecule has 0 radical (unpaired) electrons. The summed E-state index contributed by atoms with van der Waals surface area (Å²) in [7, 11) is 1.56. The Hall–Kier alpha value is -3.07. The second kappa shape index (κ2) is 6.10. The van der Waals surface area contributed by atoms with E-state index < -0.39 is 5.63 Å². The van der Waals surface area contributed by atoms with E-state index in [2.05, 4.69) is 19.9 Å². The third kappa shape index (κ3) is 2.89. The number of hydrogen-bond acceptors (Lipinski definition) is 8. The first-order valence-electron chi connectivity index (χ1n) is 7.34. The number of aromatic nitrogens is 4. The van der Waals surface area contributed by atoms with E-state index in [1.807, 2.05) is 12.1 Å². The molecule has 8 nitrogen and oxygen atoms in total. The zero-order valence-corrected chi connectivity index (χ0v) is 14.0. The Morgan fingerprint density at radius 1 is 1.32 bits per heavy atom. The summed E-state index contributed by atoms with van der Waals surface area (Å²) in [6.45, 7) is 0. The van der Waals surface area contributed by atoms with Crippen LogP contribution in [0.2, 0.25) is 0 Å². The van der Waals surface area contributed by atoms with Gasteiger partial charge in [0, 0.05) is 23.3 Å². The number of hydrogen-bond donors (Lipinski definition) is 2. The van der Waals surface area contributed by atoms with E-state index in [9.17, 15) is 4.79 Å². The van der Waals surface area contributed by atoms with Gasteiger partial charge in [-0.3, -0.25) is 0 Å². The molecule has 0 aliphatic carbocycles. The van der Waals surface area contributed by atoms with Crippen LogP contribution in [0.4, 0.5) is 5.95 Å². The Balaban J connectivity index is 1.73. The minimum absolute atomic E-state index is 0.157. The molecule has 1 aromatic carbocycles. The molecule has 0 spiro atoms. The zero-order chi connectivity index (χ0) is 17.4. The largest absolute Gasteiger partial charge is 0.497 e. The van der Waals surface area contributed by atoms with Crippen LogP contribution in [0.1, 0.15) is 5.56 Å². The summed E-state index contributed by atoms with van der Waals surface area (Å²) in [4.78, 5) is 27.3. The number of nitrogen functional groups attached to an aromatic ring is 1. The van der Waals surface area contributed by atoms with Crippen molar-refractivity contribution in [1.29, 1.82) is 0 Å². The first-order chi connectivity index (χ1) is 12.1. The van der Waals surface area contributed by atoms with Crippen molar-refractivity contribution in [2.45, 2.75) is 10.8 Å². The fourth-order valence-electron chi connectivity index (χ4n) is 2.53. The Bertz CT molecular complexity index is 1140. The summed E-state index contributed by atoms with van der Waals surface area (Å²) in [6, 6.07) is 6.87. The van der Waals surface area contributed by atoms with Crippen molar-refractivity contribution in [3.8, 4) is 5.75 Å². The van der Waals surface area contributed by atoms with Crippen LogP contribution in [-0.4, -0.2) is 27.0 Å². The van der Waals surface area contributed by atoms with Crippen molar-refractivity contribution in [2.75, 3.05) is 12.8 Å². The molecule has 0 amide bonds. The molecule has 0 aliphatic heterocycles. The third-order valence-corrected chi connectivity index (χ3v) is 4.70. The van der Waals surface area contributed by atoms with Crippen molar-refractivity contribution in [3.05, 3.63) is 46.6 Å². The quantitative estimate of drug-likeness (QED) is 0.325. The summed E-state index contributed by atoms with van der Waals surface area (Å²) < 4.78 is 10.4. The van der Waals surface area contributed by atoms with Gasteiger partial charge in [0.2, 0.25) is 5.95 Å². The molecular weight excluding hydrogens is 342 g/mol. The van der Waals surface area contributed by atoms with Crippen LogP contribution < -0.4 is 16.1 Å². The summed E-state index contributed by atoms with van der Waals surface area (Å²) in [5.74, 6) is 1.30. The molecule has 4 rings (SSSR count). The molecule has 0 fully saturated rings. The van der Waals surface area contributed by atoms with Gasteiger partial charge in [0.1, 0.15) is 21.9 Å². The van der Waals surface area contributed by atoms with E-state index >= 15 is 0 Å². The van der Waals surface area contributed by atoms with Gasteiger partial charge in [0.05, 0.1) is 13.4 Å². The first kappa shape index (κ1) is 15.5. The predicted octanol–water partition coefficient (Wildman–Crippen LogP) is 2.34. The molecule has 25 heavy (non-hydrogen) atoms. The Morgan fingerprint density at radius 3 is 3.04 bits per heavy atom. The van der Waals surface area contributed by atoms with Crippen LogP contribution in [0, 0.1) is 0 Å². The number of nitrogens with one attached hydrogen (secondary N) is 1. The van der Waals surface area contributed by atoms with Crippen LogP contribution in [0.25, 0.3) is 22.1 Å². The number of anilines is 1. The lowest BCUT2D eigenvalue weighted by atomic mass is 10.1. The number of nitrogens with zero attached hydrogens (tertiary/aromatic N) is 3. The average Bonchev–Trinajstić information content (AvgIpc) is 3.06. The number of ether oxygens (including phenoxy) is 1. The minimum atomic E-state index is -0.412. The van der Waals surface area contributed by atoms with Crippen molar-refractivity contribution in [2.24, 2.45) is 0 Å². The van der Waals surface area contributed by atoms with Gasteiger partial charge in [-0.25, -0.2) is 14.8 Å². The molecule has 126 valence electrons. The Morgan fingerprint density at radius 2 is 2.20 bits per heavy atom. The molecule has 4 aromatic rings. The summed E-state index contributed by atoms with van der Waals surface area (Å²) >= 11 is 1.44. The number of methoxy groups -OCH3 is 1. The van der Waals surface area contributed by atoms with E-state index in [-0.39, 0.29) is 5.95 Å². The first-order valence-corrected chi connectivity index (χ1v) is 8.33. The van der Waals surface area contributed by atoms with Gasteiger partial charge in [-0.05, 0) is 17.7 Å². The standard InChI is InChI=1S/C16H13N5O3S/c1-23-9-2-3-10-8(4-12(22)24-11(10)5-9)6-25-15-13-14(19-7-18-13)20-16(17)21-15/h2-5,7H,6H2,1H3,(H3,17,18,19,20,21). The molecule has 9 heteroatoms. The number of H-pyrrole nitrogens is 1. The highest BCUT2D eigenvalue weighted by atomic mass is 32.2. The predicted molar refractivity (Wildman–Crippen MR) is 94.7 cm³/mol. The highest BCUT2D eigenvalue weighted by molar-refractivity contribution is 7.98. The number of rotatable bonds is 4. The SMILES string of the molecule is COc1ccc2c(CSc3nc(N)nc4nc[nH]c34)cc(=O)oc2c1. The minimum Gasteiger partial charge on any atom is -0.497 e. The average molecular weight is 355 g/mol. The van der Waals surface area contributed by atoms with Crippen LogP contribution in [0.15, 0.2) is 44.8 Å². The van der Waals surface area contributed by atoms with Gasteiger partial charge in [-0.2, -0.15) is 4.98 Å². The number of benzene rings is 1. The van der Waals surface area contributed by atoms with Gasteiger partial charge in [-0.15, -0.1) is 0 Å². The molecule has 3 heterocycles. The topological polar surface area (TPSA) is 120 Å². The van der Waals surface area contributed by atoms with E-state index in [0.717, 1.165) is 10.9 Å². The highest BCUT2D eigenvalue weighted by Gasteiger charge is 2.12. The Labute approximate surface area is 145 Å². The molecule has 3 aromatic heterocycles. The second-order valence-corrected chi connectivity index (χ2v) is 6.19.